The number of carbonyl (C=O) groups excluding carboxylic acids is 1. The van der Waals surface area contributed by atoms with Crippen molar-refractivity contribution >= 4 is 67.0 Å². The summed E-state index contributed by atoms with van der Waals surface area (Å²) < 4.78 is 8.06. The van der Waals surface area contributed by atoms with Gasteiger partial charge in [-0.15, -0.1) is 0 Å². The largest absolute Gasteiger partial charge is 0.483 e. The third-order valence-corrected chi connectivity index (χ3v) is 6.81. The van der Waals surface area contributed by atoms with E-state index >= 15 is 0 Å². The van der Waals surface area contributed by atoms with Crippen LogP contribution in [0.2, 0.25) is 5.02 Å². The Morgan fingerprint density at radius 3 is 2.62 bits per heavy atom. The van der Waals surface area contributed by atoms with Gasteiger partial charge >= 0.3 is 0 Å². The van der Waals surface area contributed by atoms with Gasteiger partial charge in [0, 0.05) is 26.7 Å². The molecule has 9 heteroatoms. The molecule has 7 nitrogen and oxygen atoms in total. The van der Waals surface area contributed by atoms with Gasteiger partial charge in [-0.1, -0.05) is 71.7 Å². The van der Waals surface area contributed by atoms with E-state index in [1.165, 1.54) is 4.68 Å². The van der Waals surface area contributed by atoms with Gasteiger partial charge < -0.3 is 10.1 Å². The van der Waals surface area contributed by atoms with Gasteiger partial charge in [0.25, 0.3) is 11.5 Å². The van der Waals surface area contributed by atoms with E-state index in [2.05, 4.69) is 26.3 Å². The molecule has 0 unspecified atom stereocenters. The number of hydrogen-bond acceptors (Lipinski definition) is 5. The summed E-state index contributed by atoms with van der Waals surface area (Å²) in [4.78, 5) is 30.8. The number of carbonyl (C=O) groups is 1. The van der Waals surface area contributed by atoms with Gasteiger partial charge in [-0.3, -0.25) is 9.59 Å². The van der Waals surface area contributed by atoms with Gasteiger partial charge in [0.15, 0.2) is 6.61 Å². The fourth-order valence-electron chi connectivity index (χ4n) is 4.17. The first-order valence-electron chi connectivity index (χ1n) is 12.3. The zero-order valence-corrected chi connectivity index (χ0v) is 23.5. The molecule has 0 atom stereocenters. The third-order valence-electron chi connectivity index (χ3n) is 6.07. The molecule has 0 saturated heterocycles. The van der Waals surface area contributed by atoms with E-state index in [-0.39, 0.29) is 24.0 Å². The topological polar surface area (TPSA) is 85.6 Å². The molecule has 0 fully saturated rings. The fourth-order valence-corrected chi connectivity index (χ4v) is 4.66. The van der Waals surface area contributed by atoms with Crippen LogP contribution in [0.3, 0.4) is 0 Å². The van der Waals surface area contributed by atoms with Crippen LogP contribution >= 0.6 is 27.5 Å². The number of benzene rings is 4. The number of halogens is 2. The van der Waals surface area contributed by atoms with Crippen molar-refractivity contribution in [2.45, 2.75) is 19.8 Å². The molecule has 1 aromatic heterocycles. The lowest BCUT2D eigenvalue weighted by atomic mass is 10.0. The van der Waals surface area contributed by atoms with E-state index in [4.69, 9.17) is 21.3 Å². The lowest BCUT2D eigenvalue weighted by molar-refractivity contribution is -0.118. The molecular weight excluding hydrogens is 580 g/mol. The maximum Gasteiger partial charge on any atom is 0.282 e. The first kappa shape index (κ1) is 26.6. The first-order valence-corrected chi connectivity index (χ1v) is 13.4. The van der Waals surface area contributed by atoms with E-state index in [9.17, 15) is 9.59 Å². The van der Waals surface area contributed by atoms with Crippen molar-refractivity contribution in [3.63, 3.8) is 0 Å². The Labute approximate surface area is 238 Å². The number of anilines is 1. The van der Waals surface area contributed by atoms with Gasteiger partial charge in [-0.05, 0) is 59.3 Å². The quantitative estimate of drug-likeness (QED) is 0.203. The number of aromatic nitrogens is 2. The van der Waals surface area contributed by atoms with E-state index in [1.54, 1.807) is 42.6 Å². The number of fused-ring (bicyclic) bond motifs is 2. The van der Waals surface area contributed by atoms with Crippen LogP contribution in [-0.2, 0) is 4.79 Å². The number of rotatable bonds is 7. The number of nitrogens with zero attached hydrogens (tertiary/aromatic N) is 3. The molecule has 196 valence electrons. The molecule has 1 heterocycles. The van der Waals surface area contributed by atoms with Gasteiger partial charge in [-0.25, -0.2) is 4.98 Å². The average molecular weight is 604 g/mol. The summed E-state index contributed by atoms with van der Waals surface area (Å²) in [6, 6.07) is 23.7. The Bertz CT molecular complexity index is 1780. The highest BCUT2D eigenvalue weighted by Gasteiger charge is 2.15. The molecule has 4 aromatic carbocycles. The molecule has 0 bridgehead atoms. The summed E-state index contributed by atoms with van der Waals surface area (Å²) in [6.45, 7) is 3.71. The number of ether oxygens (including phenoxy) is 1. The molecule has 0 saturated carbocycles. The minimum atomic E-state index is -0.323. The molecule has 0 spiro atoms. The molecular formula is C30H24BrClN4O3. The zero-order chi connectivity index (χ0) is 27.5. The normalized spacial score (nSPS) is 11.5. The Morgan fingerprint density at radius 2 is 1.85 bits per heavy atom. The average Bonchev–Trinajstić information content (AvgIpc) is 2.93. The van der Waals surface area contributed by atoms with Crippen LogP contribution in [0.4, 0.5) is 5.69 Å². The number of hydrogen-bond donors (Lipinski definition) is 1. The Balaban J connectivity index is 1.52. The summed E-state index contributed by atoms with van der Waals surface area (Å²) >= 11 is 9.36. The SMILES string of the molecule is CC(C)c1nc2ccc(Br)cc2c(=O)n1N=Cc1c(OCC(=O)Nc2ccc(Cl)cc2)ccc2ccccc12. The number of nitrogens with one attached hydrogen (secondary N) is 1. The molecule has 1 amide bonds. The van der Waals surface area contributed by atoms with Gasteiger partial charge in [0.05, 0.1) is 17.1 Å². The van der Waals surface area contributed by atoms with Gasteiger partial charge in [0.1, 0.15) is 11.6 Å². The van der Waals surface area contributed by atoms with Crippen LogP contribution in [0.25, 0.3) is 21.7 Å². The van der Waals surface area contributed by atoms with Crippen LogP contribution in [0, 0.1) is 0 Å². The van der Waals surface area contributed by atoms with Gasteiger partial charge in [-0.2, -0.15) is 9.78 Å². The molecule has 0 aliphatic rings. The predicted octanol–water partition coefficient (Wildman–Crippen LogP) is 6.99. The third kappa shape index (κ3) is 5.87. The van der Waals surface area contributed by atoms with Gasteiger partial charge in [0.2, 0.25) is 0 Å². The van der Waals surface area contributed by atoms with E-state index in [1.807, 2.05) is 56.3 Å². The molecule has 5 aromatic rings. The lowest BCUT2D eigenvalue weighted by Crippen LogP contribution is -2.23. The molecule has 0 radical (unpaired) electrons. The van der Waals surface area contributed by atoms with Crippen molar-refractivity contribution in [2.24, 2.45) is 5.10 Å². The smallest absolute Gasteiger partial charge is 0.282 e. The highest BCUT2D eigenvalue weighted by Crippen LogP contribution is 2.27. The first-order chi connectivity index (χ1) is 18.8. The number of amides is 1. The molecule has 0 aliphatic carbocycles. The summed E-state index contributed by atoms with van der Waals surface area (Å²) in [6.07, 6.45) is 1.59. The minimum absolute atomic E-state index is 0.0531. The van der Waals surface area contributed by atoms with E-state index in [0.29, 0.717) is 38.8 Å². The van der Waals surface area contributed by atoms with Crippen molar-refractivity contribution in [2.75, 3.05) is 11.9 Å². The van der Waals surface area contributed by atoms with Crippen molar-refractivity contribution in [3.05, 3.63) is 110 Å². The standard InChI is InChI=1S/C30H24BrClN4O3/c1-18(2)29-35-26-13-8-20(31)15-24(26)30(38)36(29)33-16-25-23-6-4-3-5-19(23)7-14-27(25)39-17-28(37)34-22-11-9-21(32)10-12-22/h3-16,18H,17H2,1-2H3,(H,34,37). The molecule has 0 aliphatic heterocycles. The van der Waals surface area contributed by atoms with E-state index < -0.39 is 0 Å². The van der Waals surface area contributed by atoms with Crippen molar-refractivity contribution in [1.29, 1.82) is 0 Å². The predicted molar refractivity (Wildman–Crippen MR) is 160 cm³/mol. The highest BCUT2D eigenvalue weighted by molar-refractivity contribution is 9.10. The second-order valence-corrected chi connectivity index (χ2v) is 10.5. The Morgan fingerprint density at radius 1 is 1.08 bits per heavy atom. The van der Waals surface area contributed by atoms with Crippen molar-refractivity contribution in [3.8, 4) is 5.75 Å². The maximum atomic E-state index is 13.5. The van der Waals surface area contributed by atoms with Crippen LogP contribution in [0.15, 0.2) is 93.2 Å². The molecule has 5 rings (SSSR count). The van der Waals surface area contributed by atoms with Crippen LogP contribution in [-0.4, -0.2) is 28.4 Å². The van der Waals surface area contributed by atoms with Crippen molar-refractivity contribution in [1.82, 2.24) is 9.66 Å². The second-order valence-electron chi connectivity index (χ2n) is 9.19. The van der Waals surface area contributed by atoms with Crippen molar-refractivity contribution < 1.29 is 9.53 Å². The summed E-state index contributed by atoms with van der Waals surface area (Å²) in [7, 11) is 0. The Kier molecular flexibility index (Phi) is 7.77. The second kappa shape index (κ2) is 11.4. The summed E-state index contributed by atoms with van der Waals surface area (Å²) in [5, 5.41) is 10.3. The maximum absolute atomic E-state index is 13.5. The summed E-state index contributed by atoms with van der Waals surface area (Å²) in [5.74, 6) is 0.620. The lowest BCUT2D eigenvalue weighted by Gasteiger charge is -2.14. The minimum Gasteiger partial charge on any atom is -0.483 e. The fraction of sp³-hybridized carbons (Fsp3) is 0.133. The highest BCUT2D eigenvalue weighted by atomic mass is 79.9. The molecule has 1 N–H and O–H groups in total. The Hall–Kier alpha value is -4.01. The monoisotopic (exact) mass is 602 g/mol. The van der Waals surface area contributed by atoms with Crippen LogP contribution in [0.5, 0.6) is 5.75 Å². The van der Waals surface area contributed by atoms with Crippen LogP contribution in [0.1, 0.15) is 31.2 Å². The van der Waals surface area contributed by atoms with E-state index in [0.717, 1.165) is 15.2 Å². The van der Waals surface area contributed by atoms with Crippen LogP contribution < -0.4 is 15.6 Å². The summed E-state index contributed by atoms with van der Waals surface area (Å²) in [5.41, 5.74) is 1.60. The molecule has 39 heavy (non-hydrogen) atoms. The zero-order valence-electron chi connectivity index (χ0n) is 21.2.